The molecule has 0 unspecified atom stereocenters. The number of hydrogen-bond acceptors (Lipinski definition) is 14. The molecule has 0 saturated heterocycles. The zero-order chi connectivity index (χ0) is 43.4. The highest BCUT2D eigenvalue weighted by Crippen LogP contribution is 2.38. The van der Waals surface area contributed by atoms with Crippen LogP contribution in [0.2, 0.25) is 0 Å². The molecule has 0 spiro atoms. The fourth-order valence-corrected chi connectivity index (χ4v) is 6.99. The van der Waals surface area contributed by atoms with Crippen LogP contribution in [-0.2, 0) is 62.4 Å². The Morgan fingerprint density at radius 2 is 1.46 bits per heavy atom. The minimum Gasteiger partial charge on any atom is -0.461 e. The molecule has 5 atom stereocenters. The first-order valence-corrected chi connectivity index (χ1v) is 19.7. The molecule has 2 aromatic rings. The standard InChI is InChI=1S/C45H59NO13/c1-8-44(53-4,54-5)26-41(51)57-29-33-28-46-31(3)43(37(33)30-58-42(52)27-45(9-2,55-6)56-7)59-40(50)20-16-11-10-15-19-35-36(39(49)25-38(35)48)24-23-34(47)22-21-32-17-13-12-14-18-32/h1-2,10,12-15,17-18,28,34-36,38-39,47-49H,11,16,19-27,29-30H2,3-7H3/b15-10-/t34-,35+,36+,38-,39+/m0/s1. The third-order valence-corrected chi connectivity index (χ3v) is 10.7. The molecule has 0 radical (unpaired) electrons. The van der Waals surface area contributed by atoms with Gasteiger partial charge >= 0.3 is 17.9 Å². The number of terminal acetylenes is 2. The van der Waals surface area contributed by atoms with Crippen LogP contribution in [-0.4, -0.2) is 96.5 Å². The van der Waals surface area contributed by atoms with E-state index >= 15 is 0 Å². The zero-order valence-corrected chi connectivity index (χ0v) is 34.7. The molecule has 322 valence electrons. The minimum atomic E-state index is -1.66. The van der Waals surface area contributed by atoms with Gasteiger partial charge in [-0.3, -0.25) is 19.4 Å². The van der Waals surface area contributed by atoms with Gasteiger partial charge < -0.3 is 48.5 Å². The Hall–Kier alpha value is -4.64. The average Bonchev–Trinajstić information content (AvgIpc) is 3.52. The first kappa shape index (κ1) is 48.7. The predicted octanol–water partition coefficient (Wildman–Crippen LogP) is 4.66. The highest BCUT2D eigenvalue weighted by Gasteiger charge is 2.40. The number of aromatic nitrogens is 1. The second-order valence-electron chi connectivity index (χ2n) is 14.5. The van der Waals surface area contributed by atoms with E-state index in [1.54, 1.807) is 6.92 Å². The summed E-state index contributed by atoms with van der Waals surface area (Å²) in [6.07, 6.45) is 18.1. The topological polar surface area (TPSA) is 189 Å². The monoisotopic (exact) mass is 821 g/mol. The van der Waals surface area contributed by atoms with Crippen molar-refractivity contribution < 1.29 is 62.9 Å². The number of unbranched alkanes of at least 4 members (excludes halogenated alkanes) is 1. The predicted molar refractivity (Wildman–Crippen MR) is 216 cm³/mol. The van der Waals surface area contributed by atoms with E-state index in [4.69, 9.17) is 46.0 Å². The molecule has 0 bridgehead atoms. The van der Waals surface area contributed by atoms with Crippen LogP contribution < -0.4 is 4.74 Å². The van der Waals surface area contributed by atoms with Crippen LogP contribution in [0.1, 0.15) is 86.6 Å². The van der Waals surface area contributed by atoms with Gasteiger partial charge in [0, 0.05) is 52.2 Å². The summed E-state index contributed by atoms with van der Waals surface area (Å²) in [6, 6.07) is 9.98. The lowest BCUT2D eigenvalue weighted by atomic mass is 9.85. The second-order valence-corrected chi connectivity index (χ2v) is 14.5. The van der Waals surface area contributed by atoms with Crippen LogP contribution in [0.5, 0.6) is 5.75 Å². The number of aliphatic hydroxyl groups excluding tert-OH is 3. The maximum atomic E-state index is 13.2. The Morgan fingerprint density at radius 1 is 0.864 bits per heavy atom. The van der Waals surface area contributed by atoms with Crippen molar-refractivity contribution in [3.8, 4) is 30.4 Å². The number of allylic oxidation sites excluding steroid dienone is 2. The lowest BCUT2D eigenvalue weighted by Crippen LogP contribution is -2.35. The molecular formula is C45H59NO13. The van der Waals surface area contributed by atoms with Crippen molar-refractivity contribution in [1.29, 1.82) is 0 Å². The molecule has 0 amide bonds. The van der Waals surface area contributed by atoms with Crippen LogP contribution in [0, 0.1) is 43.4 Å². The largest absolute Gasteiger partial charge is 0.461 e. The van der Waals surface area contributed by atoms with Crippen LogP contribution in [0.15, 0.2) is 48.7 Å². The maximum Gasteiger partial charge on any atom is 0.312 e. The van der Waals surface area contributed by atoms with Gasteiger partial charge in [-0.2, -0.15) is 0 Å². The lowest BCUT2D eigenvalue weighted by Gasteiger charge is -2.24. The third kappa shape index (κ3) is 14.8. The number of esters is 3. The number of carbonyl (C=O) groups is 3. The van der Waals surface area contributed by atoms with Gasteiger partial charge in [0.15, 0.2) is 5.75 Å². The molecule has 14 nitrogen and oxygen atoms in total. The quantitative estimate of drug-likeness (QED) is 0.0413. The molecular weight excluding hydrogens is 762 g/mol. The summed E-state index contributed by atoms with van der Waals surface area (Å²) >= 11 is 0. The fourth-order valence-electron chi connectivity index (χ4n) is 6.99. The average molecular weight is 822 g/mol. The molecule has 3 N–H and O–H groups in total. The van der Waals surface area contributed by atoms with Gasteiger partial charge in [0.1, 0.15) is 26.1 Å². The molecule has 1 heterocycles. The summed E-state index contributed by atoms with van der Waals surface area (Å²) in [5.41, 5.74) is 1.99. The molecule has 1 aromatic heterocycles. The maximum absolute atomic E-state index is 13.2. The van der Waals surface area contributed by atoms with Crippen molar-refractivity contribution in [3.63, 3.8) is 0 Å². The molecule has 14 heteroatoms. The van der Waals surface area contributed by atoms with E-state index in [0.717, 1.165) is 6.42 Å². The minimum absolute atomic E-state index is 0.0327. The summed E-state index contributed by atoms with van der Waals surface area (Å²) in [7, 11) is 5.15. The van der Waals surface area contributed by atoms with Crippen molar-refractivity contribution in [2.45, 2.75) is 121 Å². The number of hydrogen-bond donors (Lipinski definition) is 3. The van der Waals surface area contributed by atoms with Gasteiger partial charge in [-0.1, -0.05) is 42.5 Å². The Balaban J connectivity index is 1.61. The van der Waals surface area contributed by atoms with Gasteiger partial charge in [0.2, 0.25) is 11.6 Å². The van der Waals surface area contributed by atoms with Crippen LogP contribution in [0.4, 0.5) is 0 Å². The molecule has 59 heavy (non-hydrogen) atoms. The Kier molecular flexibility index (Phi) is 20.2. The van der Waals surface area contributed by atoms with Crippen molar-refractivity contribution in [1.82, 2.24) is 4.98 Å². The van der Waals surface area contributed by atoms with Gasteiger partial charge in [-0.15, -0.1) is 12.8 Å². The van der Waals surface area contributed by atoms with E-state index < -0.39 is 67.2 Å². The number of pyridine rings is 1. The first-order chi connectivity index (χ1) is 28.3. The van der Waals surface area contributed by atoms with Gasteiger partial charge in [0.05, 0.1) is 24.0 Å². The Morgan fingerprint density at radius 3 is 2.05 bits per heavy atom. The molecule has 3 rings (SSSR count). The summed E-state index contributed by atoms with van der Waals surface area (Å²) in [4.78, 5) is 43.1. The van der Waals surface area contributed by atoms with E-state index in [-0.39, 0.29) is 41.7 Å². The number of aliphatic hydroxyl groups is 3. The van der Waals surface area contributed by atoms with Crippen molar-refractivity contribution in [2.24, 2.45) is 11.8 Å². The third-order valence-electron chi connectivity index (χ3n) is 10.7. The molecule has 1 fully saturated rings. The van der Waals surface area contributed by atoms with Gasteiger partial charge in [0.25, 0.3) is 0 Å². The van der Waals surface area contributed by atoms with Crippen LogP contribution >= 0.6 is 0 Å². The number of carbonyl (C=O) groups excluding carboxylic acids is 3. The Bertz CT molecular complexity index is 1760. The number of ether oxygens (including phenoxy) is 7. The van der Waals surface area contributed by atoms with E-state index in [0.29, 0.717) is 50.6 Å². The summed E-state index contributed by atoms with van der Waals surface area (Å²) < 4.78 is 37.4. The van der Waals surface area contributed by atoms with E-state index in [2.05, 4.69) is 16.8 Å². The molecule has 1 saturated carbocycles. The number of aryl methyl sites for hydroxylation is 2. The van der Waals surface area contributed by atoms with Gasteiger partial charge in [-0.25, -0.2) is 0 Å². The summed E-state index contributed by atoms with van der Waals surface area (Å²) in [5.74, 6) is -1.10. The normalized spacial score (nSPS) is 18.5. The number of methoxy groups -OCH3 is 4. The van der Waals surface area contributed by atoms with E-state index in [9.17, 15) is 29.7 Å². The molecule has 1 aliphatic rings. The lowest BCUT2D eigenvalue weighted by molar-refractivity contribution is -0.186. The molecule has 1 aromatic carbocycles. The number of nitrogens with zero attached hydrogens (tertiary/aromatic N) is 1. The van der Waals surface area contributed by atoms with Crippen molar-refractivity contribution >= 4 is 17.9 Å². The second kappa shape index (κ2) is 24.4. The van der Waals surface area contributed by atoms with E-state index in [1.165, 1.54) is 40.2 Å². The number of benzene rings is 1. The molecule has 0 aliphatic heterocycles. The Labute approximate surface area is 347 Å². The summed E-state index contributed by atoms with van der Waals surface area (Å²) in [6.45, 7) is 0.848. The van der Waals surface area contributed by atoms with Gasteiger partial charge in [-0.05, 0) is 87.5 Å². The zero-order valence-electron chi connectivity index (χ0n) is 34.7. The van der Waals surface area contributed by atoms with Crippen LogP contribution in [0.25, 0.3) is 0 Å². The first-order valence-electron chi connectivity index (χ1n) is 19.7. The van der Waals surface area contributed by atoms with Crippen LogP contribution in [0.3, 0.4) is 0 Å². The highest BCUT2D eigenvalue weighted by molar-refractivity contribution is 5.74. The smallest absolute Gasteiger partial charge is 0.312 e. The van der Waals surface area contributed by atoms with Crippen molar-refractivity contribution in [3.05, 3.63) is 71.1 Å². The number of rotatable bonds is 25. The SMILES string of the molecule is C#CC(CC(=O)OCc1cnc(C)c(OC(=O)CCC/C=C\C[C@@H]2[C@@H](CC[C@@H](O)CCc3ccccc3)[C@H](O)C[C@@H]2O)c1COC(=O)CC(C#C)(OC)OC)(OC)OC. The fraction of sp³-hybridized carbons (Fsp3) is 0.556. The summed E-state index contributed by atoms with van der Waals surface area (Å²) in [5, 5.41) is 32.0. The van der Waals surface area contributed by atoms with Crippen molar-refractivity contribution in [2.75, 3.05) is 28.4 Å². The van der Waals surface area contributed by atoms with E-state index in [1.807, 2.05) is 42.5 Å². The highest BCUT2D eigenvalue weighted by atomic mass is 16.7. The molecule has 1 aliphatic carbocycles.